The summed E-state index contributed by atoms with van der Waals surface area (Å²) >= 11 is 1.39. The molecule has 1 N–H and O–H groups in total. The minimum atomic E-state index is -2.61. The number of thiazole rings is 1. The molecule has 0 saturated carbocycles. The molecule has 0 aliphatic carbocycles. The van der Waals surface area contributed by atoms with Gasteiger partial charge in [0, 0.05) is 12.3 Å². The van der Waals surface area contributed by atoms with E-state index in [4.69, 9.17) is 9.16 Å². The molecule has 0 unspecified atom stereocenters. The lowest BCUT2D eigenvalue weighted by Crippen LogP contribution is -2.66. The van der Waals surface area contributed by atoms with Gasteiger partial charge in [0.25, 0.3) is 8.32 Å². The highest BCUT2D eigenvalue weighted by Crippen LogP contribution is 2.37. The van der Waals surface area contributed by atoms with Crippen molar-refractivity contribution in [3.63, 3.8) is 0 Å². The standard InChI is InChI=1S/C30H34N2O3SSi/c1-5-34-29(33)27-28(36-22-31-27)32-26-19-13-12-14-23(26)20-21-35-37(30(2,3)4,24-15-8-6-9-16-24)25-17-10-7-11-18-25/h6-19,22,32H,5,20-21H2,1-4H3. The number of nitrogens with one attached hydrogen (secondary N) is 1. The van der Waals surface area contributed by atoms with E-state index in [2.05, 4.69) is 97.8 Å². The van der Waals surface area contributed by atoms with Gasteiger partial charge in [0.15, 0.2) is 5.69 Å². The summed E-state index contributed by atoms with van der Waals surface area (Å²) in [4.78, 5) is 16.5. The van der Waals surface area contributed by atoms with Gasteiger partial charge in [-0.2, -0.15) is 0 Å². The molecule has 0 spiro atoms. The summed E-state index contributed by atoms with van der Waals surface area (Å²) in [6, 6.07) is 29.5. The highest BCUT2D eigenvalue weighted by Gasteiger charge is 2.50. The molecule has 4 rings (SSSR count). The van der Waals surface area contributed by atoms with Gasteiger partial charge in [-0.05, 0) is 40.4 Å². The van der Waals surface area contributed by atoms with Crippen molar-refractivity contribution in [1.82, 2.24) is 4.98 Å². The van der Waals surface area contributed by atoms with E-state index in [1.807, 2.05) is 18.2 Å². The van der Waals surface area contributed by atoms with Crippen LogP contribution in [-0.2, 0) is 15.6 Å². The summed E-state index contributed by atoms with van der Waals surface area (Å²) in [6.07, 6.45) is 0.723. The molecule has 0 aliphatic rings. The molecule has 37 heavy (non-hydrogen) atoms. The van der Waals surface area contributed by atoms with Crippen LogP contribution in [0.3, 0.4) is 0 Å². The second kappa shape index (κ2) is 11.9. The Morgan fingerprint density at radius 3 is 2.11 bits per heavy atom. The lowest BCUT2D eigenvalue weighted by Gasteiger charge is -2.43. The fourth-order valence-electron chi connectivity index (χ4n) is 4.74. The first-order valence-electron chi connectivity index (χ1n) is 12.6. The second-order valence-corrected chi connectivity index (χ2v) is 15.0. The largest absolute Gasteiger partial charge is 0.461 e. The molecule has 0 radical (unpaired) electrons. The number of aromatic nitrogens is 1. The first-order chi connectivity index (χ1) is 17.9. The number of carbonyl (C=O) groups is 1. The maximum atomic E-state index is 12.3. The van der Waals surface area contributed by atoms with Crippen LogP contribution in [-0.4, -0.2) is 32.5 Å². The van der Waals surface area contributed by atoms with E-state index in [0.717, 1.165) is 17.7 Å². The van der Waals surface area contributed by atoms with Gasteiger partial charge >= 0.3 is 5.97 Å². The summed E-state index contributed by atoms with van der Waals surface area (Å²) in [6.45, 7) is 9.53. The van der Waals surface area contributed by atoms with Crippen molar-refractivity contribution in [3.05, 3.63) is 102 Å². The zero-order valence-corrected chi connectivity index (χ0v) is 23.7. The highest BCUT2D eigenvalue weighted by atomic mass is 32.1. The Balaban J connectivity index is 1.61. The Labute approximate surface area is 224 Å². The number of para-hydroxylation sites is 1. The third kappa shape index (κ3) is 5.85. The van der Waals surface area contributed by atoms with Crippen LogP contribution >= 0.6 is 11.3 Å². The van der Waals surface area contributed by atoms with E-state index < -0.39 is 14.3 Å². The highest BCUT2D eigenvalue weighted by molar-refractivity contribution is 7.14. The van der Waals surface area contributed by atoms with E-state index in [-0.39, 0.29) is 5.04 Å². The number of hydrogen-bond donors (Lipinski definition) is 1. The molecule has 3 aromatic carbocycles. The fourth-order valence-corrected chi connectivity index (χ4v) is 9.98. The van der Waals surface area contributed by atoms with Crippen molar-refractivity contribution in [2.45, 2.75) is 39.2 Å². The molecule has 1 heterocycles. The third-order valence-corrected chi connectivity index (χ3v) is 12.2. The van der Waals surface area contributed by atoms with Crippen LogP contribution < -0.4 is 15.7 Å². The predicted molar refractivity (Wildman–Crippen MR) is 155 cm³/mol. The Hall–Kier alpha value is -3.26. The lowest BCUT2D eigenvalue weighted by atomic mass is 10.1. The number of esters is 1. The quantitative estimate of drug-likeness (QED) is 0.196. The number of rotatable bonds is 10. The maximum Gasteiger partial charge on any atom is 0.360 e. The van der Waals surface area contributed by atoms with Crippen LogP contribution in [0.5, 0.6) is 0 Å². The molecule has 7 heteroatoms. The van der Waals surface area contributed by atoms with E-state index in [1.54, 1.807) is 12.4 Å². The number of carbonyl (C=O) groups excluding carboxylic acids is 1. The summed E-state index contributed by atoms with van der Waals surface area (Å²) in [5, 5.41) is 6.55. The van der Waals surface area contributed by atoms with Crippen molar-refractivity contribution in [1.29, 1.82) is 0 Å². The molecule has 0 amide bonds. The Morgan fingerprint density at radius 2 is 1.51 bits per heavy atom. The van der Waals surface area contributed by atoms with Gasteiger partial charge in [-0.15, -0.1) is 11.3 Å². The van der Waals surface area contributed by atoms with Crippen LogP contribution in [0.2, 0.25) is 5.04 Å². The van der Waals surface area contributed by atoms with Crippen molar-refractivity contribution in [3.8, 4) is 0 Å². The van der Waals surface area contributed by atoms with Crippen LogP contribution in [0.15, 0.2) is 90.4 Å². The van der Waals surface area contributed by atoms with Gasteiger partial charge in [-0.1, -0.05) is 99.6 Å². The maximum absolute atomic E-state index is 12.3. The zero-order chi connectivity index (χ0) is 26.3. The molecule has 4 aromatic rings. The van der Waals surface area contributed by atoms with E-state index in [1.165, 1.54) is 21.7 Å². The minimum Gasteiger partial charge on any atom is -0.461 e. The first kappa shape index (κ1) is 26.8. The van der Waals surface area contributed by atoms with Crippen molar-refractivity contribution < 1.29 is 14.0 Å². The number of benzene rings is 3. The zero-order valence-electron chi connectivity index (χ0n) is 21.9. The van der Waals surface area contributed by atoms with Crippen molar-refractivity contribution in [2.75, 3.05) is 18.5 Å². The third-order valence-electron chi connectivity index (χ3n) is 6.41. The number of hydrogen-bond acceptors (Lipinski definition) is 6. The van der Waals surface area contributed by atoms with Crippen molar-refractivity contribution >= 4 is 46.7 Å². The average Bonchev–Trinajstić information content (AvgIpc) is 3.36. The molecule has 0 fully saturated rings. The van der Waals surface area contributed by atoms with Gasteiger partial charge in [0.05, 0.1) is 12.1 Å². The molecule has 0 saturated heterocycles. The minimum absolute atomic E-state index is 0.0787. The van der Waals surface area contributed by atoms with Gasteiger partial charge in [0.1, 0.15) is 5.00 Å². The smallest absolute Gasteiger partial charge is 0.360 e. The van der Waals surface area contributed by atoms with Crippen LogP contribution in [0.4, 0.5) is 10.7 Å². The normalized spacial score (nSPS) is 11.8. The van der Waals surface area contributed by atoms with Gasteiger partial charge in [-0.3, -0.25) is 0 Å². The molecule has 1 aromatic heterocycles. The SMILES string of the molecule is CCOC(=O)c1ncsc1Nc1ccccc1CCO[Si](c1ccccc1)(c1ccccc1)C(C)(C)C. The number of anilines is 2. The monoisotopic (exact) mass is 530 g/mol. The molecule has 0 bridgehead atoms. The fraction of sp³-hybridized carbons (Fsp3) is 0.267. The molecular weight excluding hydrogens is 496 g/mol. The molecule has 0 aliphatic heterocycles. The van der Waals surface area contributed by atoms with Gasteiger partial charge < -0.3 is 14.5 Å². The summed E-state index contributed by atoms with van der Waals surface area (Å²) < 4.78 is 12.2. The Bertz CT molecular complexity index is 1260. The van der Waals surface area contributed by atoms with E-state index >= 15 is 0 Å². The summed E-state index contributed by atoms with van der Waals surface area (Å²) in [5.74, 6) is -0.418. The van der Waals surface area contributed by atoms with E-state index in [9.17, 15) is 4.79 Å². The van der Waals surface area contributed by atoms with Crippen LogP contribution in [0, 0.1) is 0 Å². The molecule has 5 nitrogen and oxygen atoms in total. The molecular formula is C30H34N2O3SSi. The molecule has 192 valence electrons. The lowest BCUT2D eigenvalue weighted by molar-refractivity contribution is 0.0521. The number of ether oxygens (including phenoxy) is 1. The Kier molecular flexibility index (Phi) is 8.58. The Morgan fingerprint density at radius 1 is 0.919 bits per heavy atom. The van der Waals surface area contributed by atoms with Crippen LogP contribution in [0.1, 0.15) is 43.7 Å². The predicted octanol–water partition coefficient (Wildman–Crippen LogP) is 6.18. The van der Waals surface area contributed by atoms with Crippen molar-refractivity contribution in [2.24, 2.45) is 0 Å². The topological polar surface area (TPSA) is 60.5 Å². The second-order valence-electron chi connectivity index (χ2n) is 9.79. The summed E-state index contributed by atoms with van der Waals surface area (Å²) in [7, 11) is -2.61. The van der Waals surface area contributed by atoms with Gasteiger partial charge in [0.2, 0.25) is 0 Å². The van der Waals surface area contributed by atoms with E-state index in [0.29, 0.717) is 23.9 Å². The summed E-state index contributed by atoms with van der Waals surface area (Å²) in [5.41, 5.74) is 4.01. The van der Waals surface area contributed by atoms with Crippen LogP contribution in [0.25, 0.3) is 0 Å². The van der Waals surface area contributed by atoms with Gasteiger partial charge in [-0.25, -0.2) is 9.78 Å². The molecule has 0 atom stereocenters. The average molecular weight is 531 g/mol. The first-order valence-corrected chi connectivity index (χ1v) is 15.4. The number of nitrogens with zero attached hydrogens (tertiary/aromatic N) is 1.